The van der Waals surface area contributed by atoms with Crippen molar-refractivity contribution in [3.05, 3.63) is 60.2 Å². The van der Waals surface area contributed by atoms with Crippen molar-refractivity contribution in [3.63, 3.8) is 0 Å². The van der Waals surface area contributed by atoms with Crippen LogP contribution in [0.5, 0.6) is 5.75 Å². The van der Waals surface area contributed by atoms with Crippen LogP contribution >= 0.6 is 12.2 Å². The molecule has 6 nitrogen and oxygen atoms in total. The van der Waals surface area contributed by atoms with Crippen LogP contribution in [0.4, 0.5) is 10.5 Å². The lowest BCUT2D eigenvalue weighted by atomic mass is 10.2. The zero-order valence-corrected chi connectivity index (χ0v) is 13.9. The van der Waals surface area contributed by atoms with Crippen molar-refractivity contribution in [2.75, 3.05) is 11.9 Å². The smallest absolute Gasteiger partial charge is 0.325 e. The van der Waals surface area contributed by atoms with E-state index >= 15 is 0 Å². The molecule has 0 unspecified atom stereocenters. The fraction of sp³-hybridized carbons (Fsp3) is 0.118. The van der Waals surface area contributed by atoms with Crippen molar-refractivity contribution in [3.8, 4) is 5.75 Å². The van der Waals surface area contributed by atoms with E-state index in [1.54, 1.807) is 54.6 Å². The number of anilines is 1. The lowest BCUT2D eigenvalue weighted by Gasteiger charge is -2.10. The SMILES string of the molecule is CCOc1ccc(NC(=O)NC(=S)NC(=O)c2ccccc2)cc1. The minimum absolute atomic E-state index is 0.0766. The van der Waals surface area contributed by atoms with Crippen LogP contribution in [0.1, 0.15) is 17.3 Å². The highest BCUT2D eigenvalue weighted by atomic mass is 32.1. The third-order valence-electron chi connectivity index (χ3n) is 2.91. The number of thiocarbonyl (C=S) groups is 1. The van der Waals surface area contributed by atoms with E-state index in [9.17, 15) is 9.59 Å². The molecule has 0 aliphatic carbocycles. The van der Waals surface area contributed by atoms with Gasteiger partial charge in [-0.15, -0.1) is 0 Å². The number of amides is 3. The molecule has 0 fully saturated rings. The van der Waals surface area contributed by atoms with Crippen molar-refractivity contribution < 1.29 is 14.3 Å². The van der Waals surface area contributed by atoms with Gasteiger partial charge >= 0.3 is 6.03 Å². The first-order valence-electron chi connectivity index (χ1n) is 7.29. The maximum absolute atomic E-state index is 11.9. The molecule has 0 saturated heterocycles. The molecule has 0 spiro atoms. The van der Waals surface area contributed by atoms with Gasteiger partial charge in [-0.3, -0.25) is 15.4 Å². The predicted octanol–water partition coefficient (Wildman–Crippen LogP) is 2.92. The average Bonchev–Trinajstić information content (AvgIpc) is 2.57. The van der Waals surface area contributed by atoms with Gasteiger partial charge in [0.25, 0.3) is 5.91 Å². The van der Waals surface area contributed by atoms with Crippen LogP contribution in [0.15, 0.2) is 54.6 Å². The third kappa shape index (κ3) is 5.36. The largest absolute Gasteiger partial charge is 0.494 e. The molecular formula is C17H17N3O3S. The van der Waals surface area contributed by atoms with E-state index in [1.807, 2.05) is 6.92 Å². The molecule has 0 heterocycles. The zero-order valence-electron chi connectivity index (χ0n) is 13.0. The fourth-order valence-electron chi connectivity index (χ4n) is 1.86. The molecule has 0 aliphatic rings. The quantitative estimate of drug-likeness (QED) is 0.746. The zero-order chi connectivity index (χ0) is 17.4. The molecule has 24 heavy (non-hydrogen) atoms. The summed E-state index contributed by atoms with van der Waals surface area (Å²) < 4.78 is 5.32. The van der Waals surface area contributed by atoms with Crippen LogP contribution < -0.4 is 20.7 Å². The highest BCUT2D eigenvalue weighted by molar-refractivity contribution is 7.80. The standard InChI is InChI=1S/C17H17N3O3S/c1-2-23-14-10-8-13(9-11-14)18-16(22)20-17(24)19-15(21)12-6-4-3-5-7-12/h3-11H,2H2,1H3,(H3,18,19,20,21,22,24). The molecule has 2 aromatic carbocycles. The van der Waals surface area contributed by atoms with Crippen LogP contribution in [-0.2, 0) is 0 Å². The number of hydrogen-bond donors (Lipinski definition) is 3. The number of carbonyl (C=O) groups is 2. The Balaban J connectivity index is 1.83. The summed E-state index contributed by atoms with van der Waals surface area (Å²) in [6.07, 6.45) is 0. The van der Waals surface area contributed by atoms with Crippen molar-refractivity contribution in [2.24, 2.45) is 0 Å². The van der Waals surface area contributed by atoms with Gasteiger partial charge in [0.1, 0.15) is 5.75 Å². The molecule has 124 valence electrons. The monoisotopic (exact) mass is 343 g/mol. The summed E-state index contributed by atoms with van der Waals surface area (Å²) in [5.74, 6) is 0.330. The van der Waals surface area contributed by atoms with Gasteiger partial charge in [0.05, 0.1) is 6.61 Å². The number of hydrogen-bond acceptors (Lipinski definition) is 4. The minimum Gasteiger partial charge on any atom is -0.494 e. The molecule has 0 aromatic heterocycles. The Hall–Kier alpha value is -2.93. The Morgan fingerprint density at radius 2 is 1.67 bits per heavy atom. The van der Waals surface area contributed by atoms with Crippen LogP contribution in [0.2, 0.25) is 0 Å². The summed E-state index contributed by atoms with van der Waals surface area (Å²) in [4.78, 5) is 23.8. The number of urea groups is 1. The normalized spacial score (nSPS) is 9.71. The molecule has 7 heteroatoms. The molecule has 2 aromatic rings. The third-order valence-corrected chi connectivity index (χ3v) is 3.12. The molecule has 0 radical (unpaired) electrons. The summed E-state index contributed by atoms with van der Waals surface area (Å²) >= 11 is 4.95. The molecule has 3 amide bonds. The molecule has 0 atom stereocenters. The van der Waals surface area contributed by atoms with Gasteiger partial charge in [0, 0.05) is 11.3 Å². The van der Waals surface area contributed by atoms with E-state index in [0.717, 1.165) is 0 Å². The van der Waals surface area contributed by atoms with Gasteiger partial charge in [0.15, 0.2) is 5.11 Å². The number of rotatable bonds is 4. The second kappa shape index (κ2) is 8.64. The topological polar surface area (TPSA) is 79.5 Å². The maximum Gasteiger partial charge on any atom is 0.325 e. The van der Waals surface area contributed by atoms with E-state index < -0.39 is 6.03 Å². The first-order valence-corrected chi connectivity index (χ1v) is 7.70. The van der Waals surface area contributed by atoms with Crippen molar-refractivity contribution in [1.29, 1.82) is 0 Å². The number of carbonyl (C=O) groups excluding carboxylic acids is 2. The van der Waals surface area contributed by atoms with E-state index in [4.69, 9.17) is 17.0 Å². The summed E-state index contributed by atoms with van der Waals surface area (Å²) in [6.45, 7) is 2.47. The Morgan fingerprint density at radius 1 is 1.00 bits per heavy atom. The fourth-order valence-corrected chi connectivity index (χ4v) is 2.05. The Kier molecular flexibility index (Phi) is 6.27. The second-order valence-corrected chi connectivity index (χ2v) is 5.09. The number of nitrogens with one attached hydrogen (secondary N) is 3. The Morgan fingerprint density at radius 3 is 2.29 bits per heavy atom. The molecule has 0 saturated carbocycles. The molecule has 0 bridgehead atoms. The van der Waals surface area contributed by atoms with E-state index in [2.05, 4.69) is 16.0 Å². The van der Waals surface area contributed by atoms with Crippen LogP contribution in [0.25, 0.3) is 0 Å². The first kappa shape index (κ1) is 17.4. The van der Waals surface area contributed by atoms with Crippen LogP contribution in [0, 0.1) is 0 Å². The Bertz CT molecular complexity index is 718. The summed E-state index contributed by atoms with van der Waals surface area (Å²) in [7, 11) is 0. The van der Waals surface area contributed by atoms with Gasteiger partial charge in [-0.2, -0.15) is 0 Å². The molecule has 0 aliphatic heterocycles. The number of benzene rings is 2. The summed E-state index contributed by atoms with van der Waals surface area (Å²) in [5.41, 5.74) is 1.03. The second-order valence-electron chi connectivity index (χ2n) is 4.69. The van der Waals surface area contributed by atoms with E-state index in [0.29, 0.717) is 23.6 Å². The van der Waals surface area contributed by atoms with Crippen LogP contribution in [0.3, 0.4) is 0 Å². The summed E-state index contributed by atoms with van der Waals surface area (Å²) in [5, 5.41) is 7.36. The van der Waals surface area contributed by atoms with Gasteiger partial charge in [-0.05, 0) is 55.5 Å². The van der Waals surface area contributed by atoms with Crippen LogP contribution in [-0.4, -0.2) is 23.7 Å². The molecular weight excluding hydrogens is 326 g/mol. The van der Waals surface area contributed by atoms with E-state index in [-0.39, 0.29) is 11.0 Å². The summed E-state index contributed by atoms with van der Waals surface area (Å²) in [6, 6.07) is 14.9. The Labute approximate surface area is 145 Å². The van der Waals surface area contributed by atoms with Gasteiger partial charge in [-0.1, -0.05) is 18.2 Å². The molecule has 2 rings (SSSR count). The lowest BCUT2D eigenvalue weighted by Crippen LogP contribution is -2.44. The lowest BCUT2D eigenvalue weighted by molar-refractivity contribution is 0.0977. The highest BCUT2D eigenvalue weighted by Gasteiger charge is 2.10. The van der Waals surface area contributed by atoms with Gasteiger partial charge in [0.2, 0.25) is 0 Å². The number of ether oxygens (including phenoxy) is 1. The van der Waals surface area contributed by atoms with E-state index in [1.165, 1.54) is 0 Å². The predicted molar refractivity (Wildman–Crippen MR) is 96.3 cm³/mol. The van der Waals surface area contributed by atoms with Gasteiger partial charge < -0.3 is 10.1 Å². The maximum atomic E-state index is 11.9. The first-order chi connectivity index (χ1) is 11.6. The minimum atomic E-state index is -0.544. The van der Waals surface area contributed by atoms with Gasteiger partial charge in [-0.25, -0.2) is 4.79 Å². The van der Waals surface area contributed by atoms with Crippen molar-refractivity contribution in [1.82, 2.24) is 10.6 Å². The van der Waals surface area contributed by atoms with Crippen molar-refractivity contribution in [2.45, 2.75) is 6.92 Å². The highest BCUT2D eigenvalue weighted by Crippen LogP contribution is 2.15. The molecule has 3 N–H and O–H groups in total. The average molecular weight is 343 g/mol. The van der Waals surface area contributed by atoms with Crippen molar-refractivity contribution >= 4 is 35.0 Å².